The van der Waals surface area contributed by atoms with E-state index in [1.54, 1.807) is 11.3 Å². The van der Waals surface area contributed by atoms with Gasteiger partial charge in [0.15, 0.2) is 5.78 Å². The summed E-state index contributed by atoms with van der Waals surface area (Å²) in [4.78, 5) is 14.8. The number of aryl methyl sites for hydroxylation is 1. The summed E-state index contributed by atoms with van der Waals surface area (Å²) >= 11 is 1.78. The molecule has 17 heavy (non-hydrogen) atoms. The number of nitrogens with one attached hydrogen (secondary N) is 1. The molecule has 1 aliphatic heterocycles. The molecule has 0 aromatic carbocycles. The van der Waals surface area contributed by atoms with Crippen LogP contribution >= 0.6 is 11.3 Å². The Morgan fingerprint density at radius 2 is 2.18 bits per heavy atom. The number of rotatable bonds is 4. The van der Waals surface area contributed by atoms with Gasteiger partial charge < -0.3 is 5.32 Å². The van der Waals surface area contributed by atoms with Gasteiger partial charge in [-0.25, -0.2) is 0 Å². The maximum atomic E-state index is 12.2. The number of Topliss-reactive ketones (excluding diaryl/α,β-unsaturated/α-hetero) is 1. The molecular weight excluding hydrogens is 230 g/mol. The molecule has 3 heteroatoms. The number of ketones is 1. The zero-order chi connectivity index (χ0) is 12.1. The number of hydrogen-bond donors (Lipinski definition) is 1. The van der Waals surface area contributed by atoms with Crippen molar-refractivity contribution in [2.24, 2.45) is 0 Å². The van der Waals surface area contributed by atoms with Crippen molar-refractivity contribution in [2.45, 2.75) is 51.5 Å². The molecule has 0 bridgehead atoms. The molecule has 1 aliphatic rings. The summed E-state index contributed by atoms with van der Waals surface area (Å²) in [6.07, 6.45) is 6.36. The molecule has 0 aliphatic carbocycles. The molecule has 2 rings (SSSR count). The zero-order valence-electron chi connectivity index (χ0n) is 10.5. The summed E-state index contributed by atoms with van der Waals surface area (Å²) in [5.41, 5.74) is 0. The number of hydrogen-bond acceptors (Lipinski definition) is 3. The van der Waals surface area contributed by atoms with Crippen LogP contribution in [0.2, 0.25) is 0 Å². The van der Waals surface area contributed by atoms with E-state index in [4.69, 9.17) is 0 Å². The number of thiophene rings is 1. The van der Waals surface area contributed by atoms with Crippen LogP contribution in [0.5, 0.6) is 0 Å². The van der Waals surface area contributed by atoms with E-state index in [2.05, 4.69) is 24.4 Å². The summed E-state index contributed by atoms with van der Waals surface area (Å²) in [5, 5.41) is 3.38. The van der Waals surface area contributed by atoms with Gasteiger partial charge in [-0.15, -0.1) is 11.3 Å². The Labute approximate surface area is 107 Å². The quantitative estimate of drug-likeness (QED) is 0.891. The van der Waals surface area contributed by atoms with Gasteiger partial charge in [0.25, 0.3) is 0 Å². The Kier molecular flexibility index (Phi) is 4.75. The maximum absolute atomic E-state index is 12.2. The Morgan fingerprint density at radius 1 is 1.35 bits per heavy atom. The summed E-state index contributed by atoms with van der Waals surface area (Å²) < 4.78 is 0. The lowest BCUT2D eigenvalue weighted by molar-refractivity contribution is -0.120. The molecule has 0 amide bonds. The van der Waals surface area contributed by atoms with Crippen LogP contribution in [0.1, 0.15) is 42.4 Å². The van der Waals surface area contributed by atoms with Crippen LogP contribution in [0, 0.1) is 0 Å². The van der Waals surface area contributed by atoms with Gasteiger partial charge in [-0.05, 0) is 37.9 Å². The van der Waals surface area contributed by atoms with E-state index in [1.165, 1.54) is 29.0 Å². The SMILES string of the molecule is CCc1ccc(CC(=O)C2CCCCCN2)s1. The minimum Gasteiger partial charge on any atom is -0.307 e. The summed E-state index contributed by atoms with van der Waals surface area (Å²) in [7, 11) is 0. The molecule has 1 saturated heterocycles. The van der Waals surface area contributed by atoms with Crippen molar-refractivity contribution in [3.8, 4) is 0 Å². The molecule has 1 aromatic heterocycles. The first-order chi connectivity index (χ1) is 8.29. The topological polar surface area (TPSA) is 29.1 Å². The summed E-state index contributed by atoms with van der Waals surface area (Å²) in [5.74, 6) is 0.372. The third-order valence-corrected chi connectivity index (χ3v) is 4.59. The minimum absolute atomic E-state index is 0.102. The lowest BCUT2D eigenvalue weighted by atomic mass is 10.0. The molecule has 0 saturated carbocycles. The van der Waals surface area contributed by atoms with E-state index in [0.717, 1.165) is 19.4 Å². The fraction of sp³-hybridized carbons (Fsp3) is 0.643. The largest absolute Gasteiger partial charge is 0.307 e. The highest BCUT2D eigenvalue weighted by atomic mass is 32.1. The normalized spacial score (nSPS) is 21.1. The highest BCUT2D eigenvalue weighted by Crippen LogP contribution is 2.19. The second-order valence-electron chi connectivity index (χ2n) is 4.72. The molecule has 1 atom stereocenters. The lowest BCUT2D eigenvalue weighted by Crippen LogP contribution is -2.36. The molecule has 1 fully saturated rings. The van der Waals surface area contributed by atoms with Crippen LogP contribution < -0.4 is 5.32 Å². The third kappa shape index (κ3) is 3.65. The van der Waals surface area contributed by atoms with Gasteiger partial charge in [0, 0.05) is 16.2 Å². The van der Waals surface area contributed by atoms with Crippen LogP contribution in [-0.2, 0) is 17.6 Å². The van der Waals surface area contributed by atoms with Crippen LogP contribution in [0.3, 0.4) is 0 Å². The van der Waals surface area contributed by atoms with E-state index in [1.807, 2.05) is 0 Å². The highest BCUT2D eigenvalue weighted by molar-refractivity contribution is 7.12. The van der Waals surface area contributed by atoms with Gasteiger partial charge >= 0.3 is 0 Å². The van der Waals surface area contributed by atoms with Crippen molar-refractivity contribution in [3.05, 3.63) is 21.9 Å². The van der Waals surface area contributed by atoms with Gasteiger partial charge in [-0.2, -0.15) is 0 Å². The molecule has 2 nitrogen and oxygen atoms in total. The Bertz CT molecular complexity index is 364. The van der Waals surface area contributed by atoms with Gasteiger partial charge in [-0.3, -0.25) is 4.79 Å². The third-order valence-electron chi connectivity index (χ3n) is 3.36. The highest BCUT2D eigenvalue weighted by Gasteiger charge is 2.19. The predicted octanol–water partition coefficient (Wildman–Crippen LogP) is 2.95. The van der Waals surface area contributed by atoms with E-state index in [0.29, 0.717) is 12.2 Å². The maximum Gasteiger partial charge on any atom is 0.154 e. The number of carbonyl (C=O) groups excluding carboxylic acids is 1. The zero-order valence-corrected chi connectivity index (χ0v) is 11.3. The van der Waals surface area contributed by atoms with Crippen molar-refractivity contribution in [1.29, 1.82) is 0 Å². The van der Waals surface area contributed by atoms with Crippen molar-refractivity contribution < 1.29 is 4.79 Å². The Morgan fingerprint density at radius 3 is 2.94 bits per heavy atom. The standard InChI is InChI=1S/C14H21NOS/c1-2-11-7-8-12(17-11)10-14(16)13-6-4-3-5-9-15-13/h7-8,13,15H,2-6,9-10H2,1H3. The van der Waals surface area contributed by atoms with Gasteiger partial charge in [0.2, 0.25) is 0 Å². The first-order valence-corrected chi connectivity index (χ1v) is 7.45. The monoisotopic (exact) mass is 251 g/mol. The van der Waals surface area contributed by atoms with Gasteiger partial charge in [0.05, 0.1) is 6.04 Å². The van der Waals surface area contributed by atoms with E-state index >= 15 is 0 Å². The fourth-order valence-electron chi connectivity index (χ4n) is 2.31. The van der Waals surface area contributed by atoms with Crippen LogP contribution in [0.15, 0.2) is 12.1 Å². The van der Waals surface area contributed by atoms with Crippen molar-refractivity contribution in [3.63, 3.8) is 0 Å². The number of carbonyl (C=O) groups is 1. The molecule has 1 unspecified atom stereocenters. The second-order valence-corrected chi connectivity index (χ2v) is 5.97. The molecular formula is C14H21NOS. The van der Waals surface area contributed by atoms with Gasteiger partial charge in [-0.1, -0.05) is 19.8 Å². The van der Waals surface area contributed by atoms with Crippen LogP contribution in [0.25, 0.3) is 0 Å². The Balaban J connectivity index is 1.90. The molecule has 94 valence electrons. The first-order valence-electron chi connectivity index (χ1n) is 6.63. The molecule has 2 heterocycles. The predicted molar refractivity (Wildman–Crippen MR) is 72.7 cm³/mol. The Hall–Kier alpha value is -0.670. The second kappa shape index (κ2) is 6.31. The molecule has 0 spiro atoms. The minimum atomic E-state index is 0.102. The average Bonchev–Trinajstić information content (AvgIpc) is 2.62. The summed E-state index contributed by atoms with van der Waals surface area (Å²) in [6.45, 7) is 3.16. The van der Waals surface area contributed by atoms with Crippen molar-refractivity contribution in [2.75, 3.05) is 6.54 Å². The van der Waals surface area contributed by atoms with E-state index in [-0.39, 0.29) is 6.04 Å². The lowest BCUT2D eigenvalue weighted by Gasteiger charge is -2.13. The van der Waals surface area contributed by atoms with E-state index in [9.17, 15) is 4.79 Å². The van der Waals surface area contributed by atoms with Crippen molar-refractivity contribution in [1.82, 2.24) is 5.32 Å². The molecule has 0 radical (unpaired) electrons. The van der Waals surface area contributed by atoms with E-state index < -0.39 is 0 Å². The molecule has 1 N–H and O–H groups in total. The fourth-order valence-corrected chi connectivity index (χ4v) is 3.27. The van der Waals surface area contributed by atoms with Crippen molar-refractivity contribution >= 4 is 17.1 Å². The smallest absolute Gasteiger partial charge is 0.154 e. The van der Waals surface area contributed by atoms with Gasteiger partial charge in [0.1, 0.15) is 0 Å². The molecule has 1 aromatic rings. The average molecular weight is 251 g/mol. The summed E-state index contributed by atoms with van der Waals surface area (Å²) in [6, 6.07) is 4.36. The first kappa shape index (κ1) is 12.8. The van der Waals surface area contributed by atoms with Crippen LogP contribution in [0.4, 0.5) is 0 Å². The van der Waals surface area contributed by atoms with Crippen LogP contribution in [-0.4, -0.2) is 18.4 Å².